The van der Waals surface area contributed by atoms with E-state index in [-0.39, 0.29) is 22.3 Å². The lowest BCUT2D eigenvalue weighted by atomic mass is 9.96. The molecule has 114 valence electrons. The van der Waals surface area contributed by atoms with Gasteiger partial charge in [-0.25, -0.2) is 0 Å². The lowest BCUT2D eigenvalue weighted by Gasteiger charge is -2.13. The maximum absolute atomic E-state index is 10.2. The van der Waals surface area contributed by atoms with Crippen molar-refractivity contribution in [1.82, 2.24) is 0 Å². The second-order valence-corrected chi connectivity index (χ2v) is 5.38. The fourth-order valence-corrected chi connectivity index (χ4v) is 2.55. The highest BCUT2D eigenvalue weighted by molar-refractivity contribution is 6.32. The summed E-state index contributed by atoms with van der Waals surface area (Å²) in [4.78, 5) is 0. The van der Waals surface area contributed by atoms with Crippen molar-refractivity contribution in [1.29, 1.82) is 0 Å². The first-order valence-electron chi connectivity index (χ1n) is 6.76. The van der Waals surface area contributed by atoms with Gasteiger partial charge in [0.05, 0.1) is 5.02 Å². The Balaban J connectivity index is 2.69. The number of hydrogen-bond acceptors (Lipinski definition) is 3. The van der Waals surface area contributed by atoms with Crippen LogP contribution in [-0.4, -0.2) is 15.3 Å². The third-order valence-corrected chi connectivity index (χ3v) is 3.61. The zero-order valence-electron chi connectivity index (χ0n) is 12.0. The summed E-state index contributed by atoms with van der Waals surface area (Å²) in [6.45, 7) is 7.33. The molecule has 3 nitrogen and oxygen atoms in total. The van der Waals surface area contributed by atoms with Crippen LogP contribution in [-0.2, 0) is 12.8 Å². The molecule has 0 aliphatic carbocycles. The predicted octanol–water partition coefficient (Wildman–Crippen LogP) is 4.58. The highest BCUT2D eigenvalue weighted by atomic mass is 35.5. The summed E-state index contributed by atoms with van der Waals surface area (Å²) in [6.07, 6.45) is 4.52. The Labute approximate surface area is 134 Å². The predicted molar refractivity (Wildman–Crippen MR) is 89.7 cm³/mol. The van der Waals surface area contributed by atoms with Gasteiger partial charge in [0.25, 0.3) is 0 Å². The molecule has 0 bridgehead atoms. The van der Waals surface area contributed by atoms with Crippen LogP contribution >= 0.6 is 11.6 Å². The van der Waals surface area contributed by atoms with Crippen LogP contribution in [0.3, 0.4) is 0 Å². The Bertz CT molecular complexity index is 672. The van der Waals surface area contributed by atoms with Crippen molar-refractivity contribution in [3.63, 3.8) is 0 Å². The summed E-state index contributed by atoms with van der Waals surface area (Å²) in [5.41, 5.74) is 2.30. The number of phenolic OH excluding ortho intramolecular Hbond substituents is 3. The second-order valence-electron chi connectivity index (χ2n) is 4.97. The Morgan fingerprint density at radius 2 is 1.32 bits per heavy atom. The maximum atomic E-state index is 10.2. The zero-order valence-corrected chi connectivity index (χ0v) is 12.8. The third-order valence-electron chi connectivity index (χ3n) is 3.32. The second kappa shape index (κ2) is 6.58. The minimum absolute atomic E-state index is 0.139. The zero-order chi connectivity index (χ0) is 16.3. The molecule has 0 radical (unpaired) electrons. The number of phenols is 3. The first-order chi connectivity index (χ1) is 10.5. The van der Waals surface area contributed by atoms with Gasteiger partial charge in [0.1, 0.15) is 5.75 Å². The van der Waals surface area contributed by atoms with E-state index in [1.165, 1.54) is 6.07 Å². The Kier molecular flexibility index (Phi) is 4.78. The van der Waals surface area contributed by atoms with Gasteiger partial charge in [-0.3, -0.25) is 0 Å². The smallest absolute Gasteiger partial charge is 0.165 e. The molecule has 0 aromatic heterocycles. The molecule has 0 unspecified atom stereocenters. The SMILES string of the molecule is C=CCc1cc(O)c(O)c(-c2cc(CC=C)cc(Cl)c2O)c1. The van der Waals surface area contributed by atoms with Crippen LogP contribution in [0.5, 0.6) is 17.2 Å². The maximum Gasteiger partial charge on any atom is 0.165 e. The molecule has 0 atom stereocenters. The van der Waals surface area contributed by atoms with E-state index in [1.54, 1.807) is 30.4 Å². The van der Waals surface area contributed by atoms with Gasteiger partial charge >= 0.3 is 0 Å². The van der Waals surface area contributed by atoms with Gasteiger partial charge in [0, 0.05) is 11.1 Å². The molecule has 2 aromatic rings. The first-order valence-corrected chi connectivity index (χ1v) is 7.14. The van der Waals surface area contributed by atoms with Crippen LogP contribution < -0.4 is 0 Å². The molecule has 2 aromatic carbocycles. The molecule has 3 N–H and O–H groups in total. The molecule has 2 rings (SSSR count). The minimum atomic E-state index is -0.296. The summed E-state index contributed by atoms with van der Waals surface area (Å²) >= 11 is 6.05. The number of benzene rings is 2. The van der Waals surface area contributed by atoms with E-state index in [0.29, 0.717) is 24.0 Å². The number of rotatable bonds is 5. The van der Waals surface area contributed by atoms with Gasteiger partial charge in [-0.1, -0.05) is 23.8 Å². The van der Waals surface area contributed by atoms with E-state index in [9.17, 15) is 15.3 Å². The van der Waals surface area contributed by atoms with Crippen LogP contribution in [0, 0.1) is 0 Å². The summed E-state index contributed by atoms with van der Waals surface area (Å²) in [6, 6.07) is 6.52. The Hall–Kier alpha value is -2.39. The van der Waals surface area contributed by atoms with E-state index in [4.69, 9.17) is 11.6 Å². The topological polar surface area (TPSA) is 60.7 Å². The van der Waals surface area contributed by atoms with Crippen molar-refractivity contribution in [2.24, 2.45) is 0 Å². The molecule has 0 aliphatic rings. The summed E-state index contributed by atoms with van der Waals surface area (Å²) in [7, 11) is 0. The van der Waals surface area contributed by atoms with Gasteiger partial charge in [-0.05, 0) is 48.2 Å². The molecule has 22 heavy (non-hydrogen) atoms. The van der Waals surface area contributed by atoms with E-state index in [0.717, 1.165) is 11.1 Å². The van der Waals surface area contributed by atoms with Gasteiger partial charge in [0.15, 0.2) is 11.5 Å². The summed E-state index contributed by atoms with van der Waals surface area (Å²) in [5.74, 6) is -0.686. The lowest BCUT2D eigenvalue weighted by molar-refractivity contribution is 0.404. The van der Waals surface area contributed by atoms with E-state index in [1.807, 2.05) is 0 Å². The fraction of sp³-hybridized carbons (Fsp3) is 0.111. The molecule has 0 aliphatic heterocycles. The monoisotopic (exact) mass is 316 g/mol. The van der Waals surface area contributed by atoms with Crippen LogP contribution in [0.15, 0.2) is 49.6 Å². The van der Waals surface area contributed by atoms with Crippen LogP contribution in [0.4, 0.5) is 0 Å². The molecule has 0 spiro atoms. The van der Waals surface area contributed by atoms with Crippen LogP contribution in [0.2, 0.25) is 5.02 Å². The molecule has 0 saturated heterocycles. The quantitative estimate of drug-likeness (QED) is 0.559. The van der Waals surface area contributed by atoms with Gasteiger partial charge in [0.2, 0.25) is 0 Å². The number of allylic oxidation sites excluding steroid dienone is 2. The van der Waals surface area contributed by atoms with Gasteiger partial charge < -0.3 is 15.3 Å². The molecule has 4 heteroatoms. The highest BCUT2D eigenvalue weighted by Gasteiger charge is 2.17. The number of hydrogen-bond donors (Lipinski definition) is 3. The molecule has 0 saturated carbocycles. The van der Waals surface area contributed by atoms with Crippen LogP contribution in [0.25, 0.3) is 11.1 Å². The normalized spacial score (nSPS) is 10.4. The lowest BCUT2D eigenvalue weighted by Crippen LogP contribution is -1.90. The van der Waals surface area contributed by atoms with Crippen LogP contribution in [0.1, 0.15) is 11.1 Å². The molecular weight excluding hydrogens is 300 g/mol. The van der Waals surface area contributed by atoms with Crippen molar-refractivity contribution in [2.75, 3.05) is 0 Å². The van der Waals surface area contributed by atoms with E-state index >= 15 is 0 Å². The highest BCUT2D eigenvalue weighted by Crippen LogP contribution is 2.44. The average Bonchev–Trinajstić information content (AvgIpc) is 2.47. The molecular formula is C18H17ClO3. The Morgan fingerprint density at radius 1 is 0.818 bits per heavy atom. The van der Waals surface area contributed by atoms with Gasteiger partial charge in [-0.15, -0.1) is 13.2 Å². The third kappa shape index (κ3) is 3.10. The first kappa shape index (κ1) is 16.0. The minimum Gasteiger partial charge on any atom is -0.506 e. The van der Waals surface area contributed by atoms with E-state index < -0.39 is 0 Å². The van der Waals surface area contributed by atoms with Crippen molar-refractivity contribution in [3.05, 3.63) is 65.7 Å². The number of aromatic hydroxyl groups is 3. The van der Waals surface area contributed by atoms with Crippen molar-refractivity contribution >= 4 is 11.6 Å². The van der Waals surface area contributed by atoms with Gasteiger partial charge in [-0.2, -0.15) is 0 Å². The van der Waals surface area contributed by atoms with E-state index in [2.05, 4.69) is 13.2 Å². The van der Waals surface area contributed by atoms with Crippen molar-refractivity contribution < 1.29 is 15.3 Å². The Morgan fingerprint density at radius 3 is 1.86 bits per heavy atom. The molecule has 0 heterocycles. The summed E-state index contributed by atoms with van der Waals surface area (Å²) < 4.78 is 0. The van der Waals surface area contributed by atoms with Crippen molar-refractivity contribution in [3.8, 4) is 28.4 Å². The standard InChI is InChI=1S/C18H17ClO3/c1-3-5-11-7-13(17(21)15(19)9-11)14-8-12(6-4-2)10-16(20)18(14)22/h3-4,7-10,20-22H,1-2,5-6H2. The molecule has 0 fully saturated rings. The molecule has 0 amide bonds. The largest absolute Gasteiger partial charge is 0.506 e. The average molecular weight is 317 g/mol. The number of halogens is 1. The fourth-order valence-electron chi connectivity index (χ4n) is 2.31. The summed E-state index contributed by atoms with van der Waals surface area (Å²) in [5, 5.41) is 30.4. The van der Waals surface area contributed by atoms with Crippen molar-refractivity contribution in [2.45, 2.75) is 12.8 Å².